The topological polar surface area (TPSA) is 49.5 Å². The predicted molar refractivity (Wildman–Crippen MR) is 68.2 cm³/mol. The minimum absolute atomic E-state index is 0.210. The number of nitrogens with zero attached hydrogens (tertiary/aromatic N) is 1. The third-order valence-electron chi connectivity index (χ3n) is 2.84. The molecule has 0 aromatic heterocycles. The van der Waals surface area contributed by atoms with Crippen LogP contribution in [0.4, 0.5) is 5.69 Å². The molecule has 1 aromatic rings. The average molecular weight is 222 g/mol. The molecule has 0 unspecified atom stereocenters. The highest BCUT2D eigenvalue weighted by molar-refractivity contribution is 5.49. The van der Waals surface area contributed by atoms with E-state index in [0.29, 0.717) is 0 Å². The Kier molecular flexibility index (Phi) is 5.29. The van der Waals surface area contributed by atoms with Crippen LogP contribution >= 0.6 is 0 Å². The zero-order valence-electron chi connectivity index (χ0n) is 10.2. The number of aliphatic hydroxyl groups is 1. The van der Waals surface area contributed by atoms with Gasteiger partial charge in [-0.15, -0.1) is 0 Å². The van der Waals surface area contributed by atoms with E-state index in [-0.39, 0.29) is 6.61 Å². The summed E-state index contributed by atoms with van der Waals surface area (Å²) < 4.78 is 0. The van der Waals surface area contributed by atoms with Crippen molar-refractivity contribution in [3.63, 3.8) is 0 Å². The number of hydrogen-bond acceptors (Lipinski definition) is 3. The molecule has 0 saturated carbocycles. The molecule has 0 bridgehead atoms. The number of nitrogen functional groups attached to an aromatic ring is 1. The molecular formula is C13H22N2O. The lowest BCUT2D eigenvalue weighted by atomic mass is 10.1. The SMILES string of the molecule is CCCN(CCO)Cc1cccc(N)c1C. The summed E-state index contributed by atoms with van der Waals surface area (Å²) in [5.41, 5.74) is 9.13. The van der Waals surface area contributed by atoms with E-state index in [0.717, 1.165) is 37.3 Å². The molecule has 0 amide bonds. The molecule has 1 aromatic carbocycles. The van der Waals surface area contributed by atoms with Gasteiger partial charge in [0.15, 0.2) is 0 Å². The Morgan fingerprint density at radius 3 is 2.69 bits per heavy atom. The first-order valence-corrected chi connectivity index (χ1v) is 5.86. The van der Waals surface area contributed by atoms with E-state index < -0.39 is 0 Å². The fourth-order valence-corrected chi connectivity index (χ4v) is 1.84. The Labute approximate surface area is 97.9 Å². The van der Waals surface area contributed by atoms with Crippen LogP contribution < -0.4 is 5.73 Å². The van der Waals surface area contributed by atoms with Crippen molar-refractivity contribution >= 4 is 5.69 Å². The van der Waals surface area contributed by atoms with E-state index in [1.54, 1.807) is 0 Å². The summed E-state index contributed by atoms with van der Waals surface area (Å²) in [5, 5.41) is 9.00. The van der Waals surface area contributed by atoms with Crippen molar-refractivity contribution in [1.82, 2.24) is 4.90 Å². The highest BCUT2D eigenvalue weighted by atomic mass is 16.3. The van der Waals surface area contributed by atoms with E-state index >= 15 is 0 Å². The van der Waals surface area contributed by atoms with Gasteiger partial charge in [0, 0.05) is 18.8 Å². The molecule has 90 valence electrons. The largest absolute Gasteiger partial charge is 0.399 e. The van der Waals surface area contributed by atoms with E-state index in [1.165, 1.54) is 5.56 Å². The molecule has 3 heteroatoms. The van der Waals surface area contributed by atoms with Crippen LogP contribution in [0.5, 0.6) is 0 Å². The first-order valence-electron chi connectivity index (χ1n) is 5.86. The molecule has 0 aliphatic heterocycles. The number of nitrogens with two attached hydrogens (primary N) is 1. The molecule has 3 N–H and O–H groups in total. The standard InChI is InChI=1S/C13H22N2O/c1-3-7-15(8-9-16)10-12-5-4-6-13(14)11(12)2/h4-6,16H,3,7-10,14H2,1-2H3. The van der Waals surface area contributed by atoms with Gasteiger partial charge in [-0.3, -0.25) is 4.90 Å². The molecule has 0 heterocycles. The lowest BCUT2D eigenvalue weighted by Crippen LogP contribution is -2.27. The summed E-state index contributed by atoms with van der Waals surface area (Å²) in [5.74, 6) is 0. The van der Waals surface area contributed by atoms with Gasteiger partial charge in [-0.25, -0.2) is 0 Å². The molecule has 16 heavy (non-hydrogen) atoms. The van der Waals surface area contributed by atoms with Gasteiger partial charge in [0.05, 0.1) is 6.61 Å². The van der Waals surface area contributed by atoms with Crippen LogP contribution in [0, 0.1) is 6.92 Å². The van der Waals surface area contributed by atoms with Crippen LogP contribution in [0.1, 0.15) is 24.5 Å². The molecule has 0 saturated heterocycles. The van der Waals surface area contributed by atoms with Gasteiger partial charge in [0.25, 0.3) is 0 Å². The second-order valence-corrected chi connectivity index (χ2v) is 4.13. The van der Waals surface area contributed by atoms with Crippen LogP contribution in [0.3, 0.4) is 0 Å². The van der Waals surface area contributed by atoms with Gasteiger partial charge in [-0.05, 0) is 37.1 Å². The third-order valence-corrected chi connectivity index (χ3v) is 2.84. The van der Waals surface area contributed by atoms with Crippen molar-refractivity contribution in [2.24, 2.45) is 0 Å². The number of anilines is 1. The van der Waals surface area contributed by atoms with Crippen LogP contribution in [-0.2, 0) is 6.54 Å². The zero-order valence-corrected chi connectivity index (χ0v) is 10.2. The summed E-state index contributed by atoms with van der Waals surface area (Å²) >= 11 is 0. The van der Waals surface area contributed by atoms with Crippen LogP contribution in [0.2, 0.25) is 0 Å². The molecule has 0 aliphatic rings. The van der Waals surface area contributed by atoms with Gasteiger partial charge in [0.1, 0.15) is 0 Å². The Hall–Kier alpha value is -1.06. The van der Waals surface area contributed by atoms with Gasteiger partial charge < -0.3 is 10.8 Å². The molecule has 0 atom stereocenters. The lowest BCUT2D eigenvalue weighted by Gasteiger charge is -2.22. The zero-order chi connectivity index (χ0) is 12.0. The van der Waals surface area contributed by atoms with Crippen molar-refractivity contribution in [3.8, 4) is 0 Å². The third kappa shape index (κ3) is 3.51. The van der Waals surface area contributed by atoms with Crippen LogP contribution in [-0.4, -0.2) is 29.7 Å². The minimum atomic E-state index is 0.210. The van der Waals surface area contributed by atoms with Crippen LogP contribution in [0.15, 0.2) is 18.2 Å². The highest BCUT2D eigenvalue weighted by Crippen LogP contribution is 2.17. The molecule has 0 aliphatic carbocycles. The Balaban J connectivity index is 2.72. The van der Waals surface area contributed by atoms with Crippen LogP contribution in [0.25, 0.3) is 0 Å². The molecule has 0 radical (unpaired) electrons. The fraction of sp³-hybridized carbons (Fsp3) is 0.538. The fourth-order valence-electron chi connectivity index (χ4n) is 1.84. The maximum Gasteiger partial charge on any atom is 0.0558 e. The molecule has 1 rings (SSSR count). The number of aliphatic hydroxyl groups excluding tert-OH is 1. The van der Waals surface area contributed by atoms with Gasteiger partial charge >= 0.3 is 0 Å². The molecule has 0 spiro atoms. The average Bonchev–Trinajstić information content (AvgIpc) is 2.25. The molecule has 3 nitrogen and oxygen atoms in total. The summed E-state index contributed by atoms with van der Waals surface area (Å²) in [6, 6.07) is 6.02. The summed E-state index contributed by atoms with van der Waals surface area (Å²) in [6.07, 6.45) is 1.10. The maximum atomic E-state index is 9.00. The smallest absolute Gasteiger partial charge is 0.0558 e. The predicted octanol–water partition coefficient (Wildman–Crippen LogP) is 1.78. The van der Waals surface area contributed by atoms with E-state index in [9.17, 15) is 0 Å². The van der Waals surface area contributed by atoms with Crippen molar-refractivity contribution in [2.45, 2.75) is 26.8 Å². The van der Waals surface area contributed by atoms with Crippen molar-refractivity contribution in [1.29, 1.82) is 0 Å². The number of rotatable bonds is 6. The summed E-state index contributed by atoms with van der Waals surface area (Å²) in [4.78, 5) is 2.25. The second-order valence-electron chi connectivity index (χ2n) is 4.13. The van der Waals surface area contributed by atoms with E-state index in [2.05, 4.69) is 17.9 Å². The summed E-state index contributed by atoms with van der Waals surface area (Å²) in [6.45, 7) is 7.01. The summed E-state index contributed by atoms with van der Waals surface area (Å²) in [7, 11) is 0. The number of benzene rings is 1. The van der Waals surface area contributed by atoms with Crippen molar-refractivity contribution < 1.29 is 5.11 Å². The van der Waals surface area contributed by atoms with E-state index in [4.69, 9.17) is 10.8 Å². The molecule has 0 fully saturated rings. The second kappa shape index (κ2) is 6.51. The van der Waals surface area contributed by atoms with Gasteiger partial charge in [-0.1, -0.05) is 19.1 Å². The van der Waals surface area contributed by atoms with E-state index in [1.807, 2.05) is 19.1 Å². The number of hydrogen-bond donors (Lipinski definition) is 2. The van der Waals surface area contributed by atoms with Crippen molar-refractivity contribution in [3.05, 3.63) is 29.3 Å². The monoisotopic (exact) mass is 222 g/mol. The van der Waals surface area contributed by atoms with Crippen molar-refractivity contribution in [2.75, 3.05) is 25.4 Å². The quantitative estimate of drug-likeness (QED) is 0.721. The Morgan fingerprint density at radius 1 is 1.31 bits per heavy atom. The van der Waals surface area contributed by atoms with Gasteiger partial charge in [-0.2, -0.15) is 0 Å². The maximum absolute atomic E-state index is 9.00. The minimum Gasteiger partial charge on any atom is -0.399 e. The Morgan fingerprint density at radius 2 is 2.06 bits per heavy atom. The first kappa shape index (κ1) is 13.0. The highest BCUT2D eigenvalue weighted by Gasteiger charge is 2.07. The molecular weight excluding hydrogens is 200 g/mol. The van der Waals surface area contributed by atoms with Gasteiger partial charge in [0.2, 0.25) is 0 Å². The lowest BCUT2D eigenvalue weighted by molar-refractivity contribution is 0.190. The first-order chi connectivity index (χ1) is 7.69. The Bertz CT molecular complexity index is 320. The normalized spacial score (nSPS) is 11.0.